The largest absolute Gasteiger partial charge is 0.573 e. The predicted octanol–water partition coefficient (Wildman–Crippen LogP) is 3.13. The van der Waals surface area contributed by atoms with Gasteiger partial charge in [0, 0.05) is 29.4 Å². The van der Waals surface area contributed by atoms with Crippen LogP contribution < -0.4 is 21.8 Å². The summed E-state index contributed by atoms with van der Waals surface area (Å²) in [7, 11) is 0. The number of amides is 1. The zero-order chi connectivity index (χ0) is 22.9. The molecule has 162 valence electrons. The fourth-order valence-electron chi connectivity index (χ4n) is 2.94. The number of ether oxygens (including phenoxy) is 1. The molecule has 0 spiro atoms. The van der Waals surface area contributed by atoms with Crippen LogP contribution in [-0.2, 0) is 0 Å². The number of benzene rings is 1. The molecular formula is C20H18F3N5O3. The van der Waals surface area contributed by atoms with E-state index in [0.29, 0.717) is 5.56 Å². The van der Waals surface area contributed by atoms with E-state index in [1.165, 1.54) is 41.1 Å². The Morgan fingerprint density at radius 2 is 1.77 bits per heavy atom. The van der Waals surface area contributed by atoms with Crippen molar-refractivity contribution in [1.82, 2.24) is 14.5 Å². The highest BCUT2D eigenvalue weighted by Crippen LogP contribution is 2.38. The van der Waals surface area contributed by atoms with Gasteiger partial charge in [0.2, 0.25) is 0 Å². The van der Waals surface area contributed by atoms with Gasteiger partial charge < -0.3 is 20.8 Å². The van der Waals surface area contributed by atoms with Crippen LogP contribution in [0.15, 0.2) is 47.4 Å². The Bertz CT molecular complexity index is 1210. The van der Waals surface area contributed by atoms with Gasteiger partial charge in [-0.3, -0.25) is 9.59 Å². The molecule has 4 N–H and O–H groups in total. The number of hydrogen-bond donors (Lipinski definition) is 2. The van der Waals surface area contributed by atoms with Crippen LogP contribution in [0.1, 0.15) is 30.4 Å². The van der Waals surface area contributed by atoms with Crippen molar-refractivity contribution in [3.63, 3.8) is 0 Å². The molecular weight excluding hydrogens is 415 g/mol. The first kappa shape index (κ1) is 21.8. The normalized spacial score (nSPS) is 11.5. The number of carbonyl (C=O) groups excluding carboxylic acids is 1. The van der Waals surface area contributed by atoms with E-state index >= 15 is 0 Å². The standard InChI is InChI=1S/C20H18F3N5O3/c1-10(2)28-9-11(7-8-14(28)29)15-16(27-18(24)17(26-15)19(25)30)12-5-3-4-6-13(12)31-20(21,22)23/h3-10H,1-2H3,(H2,24,27)(H2,25,30). The van der Waals surface area contributed by atoms with Gasteiger partial charge in [-0.2, -0.15) is 0 Å². The first-order valence-corrected chi connectivity index (χ1v) is 9.03. The maximum Gasteiger partial charge on any atom is 0.573 e. The van der Waals surface area contributed by atoms with Crippen molar-refractivity contribution in [1.29, 1.82) is 0 Å². The molecule has 0 unspecified atom stereocenters. The quantitative estimate of drug-likeness (QED) is 0.637. The average Bonchev–Trinajstić information content (AvgIpc) is 2.67. The van der Waals surface area contributed by atoms with Gasteiger partial charge in [0.25, 0.3) is 11.5 Å². The molecule has 0 bridgehead atoms. The molecule has 8 nitrogen and oxygen atoms in total. The number of halogens is 3. The summed E-state index contributed by atoms with van der Waals surface area (Å²) in [5.74, 6) is -1.85. The van der Waals surface area contributed by atoms with Crippen molar-refractivity contribution in [2.24, 2.45) is 5.73 Å². The minimum Gasteiger partial charge on any atom is -0.405 e. The minimum atomic E-state index is -4.95. The fraction of sp³-hybridized carbons (Fsp3) is 0.200. The number of para-hydroxylation sites is 1. The van der Waals surface area contributed by atoms with Crippen molar-refractivity contribution in [2.75, 3.05) is 5.73 Å². The van der Waals surface area contributed by atoms with Crippen molar-refractivity contribution in [3.8, 4) is 28.3 Å². The van der Waals surface area contributed by atoms with Crippen LogP contribution >= 0.6 is 0 Å². The van der Waals surface area contributed by atoms with E-state index in [0.717, 1.165) is 6.07 Å². The molecule has 1 aromatic carbocycles. The summed E-state index contributed by atoms with van der Waals surface area (Å²) in [6.07, 6.45) is -3.48. The molecule has 0 aliphatic rings. The van der Waals surface area contributed by atoms with Crippen LogP contribution in [0.5, 0.6) is 5.75 Å². The number of primary amides is 1. The predicted molar refractivity (Wildman–Crippen MR) is 107 cm³/mol. The monoisotopic (exact) mass is 433 g/mol. The Labute approximate surface area is 174 Å². The van der Waals surface area contributed by atoms with Crippen LogP contribution in [0.25, 0.3) is 22.5 Å². The van der Waals surface area contributed by atoms with Crippen molar-refractivity contribution >= 4 is 11.7 Å². The second-order valence-electron chi connectivity index (χ2n) is 6.82. The Morgan fingerprint density at radius 3 is 2.39 bits per heavy atom. The van der Waals surface area contributed by atoms with Crippen LogP contribution in [0, 0.1) is 0 Å². The van der Waals surface area contributed by atoms with Gasteiger partial charge in [-0.1, -0.05) is 12.1 Å². The lowest BCUT2D eigenvalue weighted by molar-refractivity contribution is -0.274. The number of carbonyl (C=O) groups is 1. The molecule has 3 aromatic rings. The van der Waals surface area contributed by atoms with Crippen LogP contribution in [0.2, 0.25) is 0 Å². The lowest BCUT2D eigenvalue weighted by Crippen LogP contribution is -2.21. The van der Waals surface area contributed by atoms with Gasteiger partial charge >= 0.3 is 6.36 Å². The number of alkyl halides is 3. The van der Waals surface area contributed by atoms with Crippen molar-refractivity contribution < 1.29 is 22.7 Å². The molecule has 0 saturated heterocycles. The van der Waals surface area contributed by atoms with Crippen molar-refractivity contribution in [2.45, 2.75) is 26.3 Å². The molecule has 11 heteroatoms. The van der Waals surface area contributed by atoms with E-state index in [-0.39, 0.29) is 40.1 Å². The summed E-state index contributed by atoms with van der Waals surface area (Å²) in [4.78, 5) is 32.2. The third-order valence-electron chi connectivity index (χ3n) is 4.29. The highest BCUT2D eigenvalue weighted by molar-refractivity contribution is 5.97. The number of nitrogens with two attached hydrogens (primary N) is 2. The summed E-state index contributed by atoms with van der Waals surface area (Å²) in [5.41, 5.74) is 10.7. The molecule has 0 aliphatic carbocycles. The summed E-state index contributed by atoms with van der Waals surface area (Å²) in [5, 5.41) is 0. The van der Waals surface area contributed by atoms with Crippen molar-refractivity contribution in [3.05, 3.63) is 58.6 Å². The SMILES string of the molecule is CC(C)n1cc(-c2nc(C(N)=O)c(N)nc2-c2ccccc2OC(F)(F)F)ccc1=O. The highest BCUT2D eigenvalue weighted by Gasteiger charge is 2.33. The maximum atomic E-state index is 12.9. The summed E-state index contributed by atoms with van der Waals surface area (Å²) in [6, 6.07) is 7.78. The van der Waals surface area contributed by atoms with E-state index in [4.69, 9.17) is 11.5 Å². The fourth-order valence-corrected chi connectivity index (χ4v) is 2.94. The van der Waals surface area contributed by atoms with Gasteiger partial charge in [-0.25, -0.2) is 9.97 Å². The maximum absolute atomic E-state index is 12.9. The van der Waals surface area contributed by atoms with Crippen LogP contribution in [0.3, 0.4) is 0 Å². The number of aromatic nitrogens is 3. The molecule has 0 atom stereocenters. The van der Waals surface area contributed by atoms with E-state index in [1.54, 1.807) is 13.8 Å². The van der Waals surface area contributed by atoms with E-state index in [9.17, 15) is 22.8 Å². The topological polar surface area (TPSA) is 126 Å². The lowest BCUT2D eigenvalue weighted by atomic mass is 10.0. The number of pyridine rings is 1. The highest BCUT2D eigenvalue weighted by atomic mass is 19.4. The Kier molecular flexibility index (Phi) is 5.69. The number of nitrogens with zero attached hydrogens (tertiary/aromatic N) is 3. The molecule has 0 radical (unpaired) electrons. The molecule has 0 fully saturated rings. The summed E-state index contributed by atoms with van der Waals surface area (Å²) < 4.78 is 44.3. The van der Waals surface area contributed by atoms with Gasteiger partial charge in [-0.15, -0.1) is 13.2 Å². The zero-order valence-electron chi connectivity index (χ0n) is 16.5. The second-order valence-corrected chi connectivity index (χ2v) is 6.82. The smallest absolute Gasteiger partial charge is 0.405 e. The molecule has 1 amide bonds. The molecule has 3 rings (SSSR count). The Balaban J connectivity index is 2.34. The van der Waals surface area contributed by atoms with Gasteiger partial charge in [-0.05, 0) is 32.0 Å². The number of hydrogen-bond acceptors (Lipinski definition) is 6. The average molecular weight is 433 g/mol. The first-order chi connectivity index (χ1) is 14.5. The van der Waals surface area contributed by atoms with Gasteiger partial charge in [0.05, 0.1) is 5.69 Å². The minimum absolute atomic E-state index is 0.00984. The van der Waals surface area contributed by atoms with Gasteiger partial charge in [0.1, 0.15) is 11.4 Å². The first-order valence-electron chi connectivity index (χ1n) is 9.03. The summed E-state index contributed by atoms with van der Waals surface area (Å²) >= 11 is 0. The zero-order valence-corrected chi connectivity index (χ0v) is 16.5. The van der Waals surface area contributed by atoms with E-state index in [2.05, 4.69) is 14.7 Å². The molecule has 2 aromatic heterocycles. The number of rotatable bonds is 5. The number of nitrogen functional groups attached to an aromatic ring is 1. The Hall–Kier alpha value is -3.89. The van der Waals surface area contributed by atoms with E-state index < -0.39 is 18.0 Å². The number of anilines is 1. The summed E-state index contributed by atoms with van der Waals surface area (Å²) in [6.45, 7) is 3.56. The molecule has 2 heterocycles. The van der Waals surface area contributed by atoms with Crippen LogP contribution in [-0.4, -0.2) is 26.8 Å². The van der Waals surface area contributed by atoms with Gasteiger partial charge in [0.15, 0.2) is 11.5 Å². The Morgan fingerprint density at radius 1 is 1.10 bits per heavy atom. The lowest BCUT2D eigenvalue weighted by Gasteiger charge is -2.17. The third-order valence-corrected chi connectivity index (χ3v) is 4.29. The second kappa shape index (κ2) is 8.09. The molecule has 31 heavy (non-hydrogen) atoms. The molecule has 0 aliphatic heterocycles. The van der Waals surface area contributed by atoms with Crippen LogP contribution in [0.4, 0.5) is 19.0 Å². The van der Waals surface area contributed by atoms with E-state index in [1.807, 2.05) is 0 Å². The third kappa shape index (κ3) is 4.65. The molecule has 0 saturated carbocycles.